The molecule has 1 saturated heterocycles. The number of hydrogen-bond acceptors (Lipinski definition) is 4. The molecule has 2 aliphatic carbocycles. The van der Waals surface area contributed by atoms with Gasteiger partial charge in [-0.25, -0.2) is 0 Å². The summed E-state index contributed by atoms with van der Waals surface area (Å²) in [7, 11) is 2.23. The van der Waals surface area contributed by atoms with Gasteiger partial charge in [0.15, 0.2) is 0 Å². The molecular weight excluding hydrogens is 250 g/mol. The number of nitriles is 1. The van der Waals surface area contributed by atoms with E-state index >= 15 is 0 Å². The molecule has 3 unspecified atom stereocenters. The number of ether oxygens (including phenoxy) is 1. The summed E-state index contributed by atoms with van der Waals surface area (Å²) in [6, 6.07) is 3.75. The molecule has 0 spiro atoms. The molecule has 112 valence electrons. The Hall–Kier alpha value is -0.630. The van der Waals surface area contributed by atoms with Crippen molar-refractivity contribution < 1.29 is 4.74 Å². The highest BCUT2D eigenvalue weighted by Crippen LogP contribution is 2.36. The van der Waals surface area contributed by atoms with Gasteiger partial charge >= 0.3 is 0 Å². The van der Waals surface area contributed by atoms with E-state index in [4.69, 9.17) is 4.74 Å². The molecule has 1 N–H and O–H groups in total. The van der Waals surface area contributed by atoms with Gasteiger partial charge in [0.25, 0.3) is 0 Å². The molecule has 4 nitrogen and oxygen atoms in total. The van der Waals surface area contributed by atoms with Gasteiger partial charge in [-0.15, -0.1) is 0 Å². The van der Waals surface area contributed by atoms with Crippen LogP contribution in [-0.2, 0) is 4.74 Å². The minimum absolute atomic E-state index is 0.247. The van der Waals surface area contributed by atoms with Crippen molar-refractivity contribution in [3.63, 3.8) is 0 Å². The molecule has 0 radical (unpaired) electrons. The molecule has 3 rings (SSSR count). The minimum Gasteiger partial charge on any atom is -0.381 e. The minimum atomic E-state index is -0.247. The molecule has 0 aromatic heterocycles. The maximum Gasteiger partial charge on any atom is 0.108 e. The first-order chi connectivity index (χ1) is 9.71. The van der Waals surface area contributed by atoms with Crippen LogP contribution < -0.4 is 5.32 Å². The van der Waals surface area contributed by atoms with Crippen LogP contribution in [0.3, 0.4) is 0 Å². The quantitative estimate of drug-likeness (QED) is 0.834. The maximum absolute atomic E-state index is 9.56. The SMILES string of the molecule is CN(CC1CCCOC1)C1CCC(C#N)(NC2CC2)C1. The Morgan fingerprint density at radius 3 is 2.85 bits per heavy atom. The standard InChI is InChI=1S/C16H27N3O/c1-19(10-13-3-2-8-20-11-13)15-6-7-16(9-15,12-17)18-14-4-5-14/h13-15,18H,2-11H2,1H3. The number of rotatable bonds is 5. The molecule has 0 aromatic carbocycles. The van der Waals surface area contributed by atoms with Crippen LogP contribution in [0.5, 0.6) is 0 Å². The van der Waals surface area contributed by atoms with Crippen LogP contribution in [0, 0.1) is 17.2 Å². The predicted octanol–water partition coefficient (Wildman–Crippen LogP) is 1.91. The van der Waals surface area contributed by atoms with Gasteiger partial charge in [-0.1, -0.05) is 0 Å². The second-order valence-corrected chi connectivity index (χ2v) is 7.03. The fourth-order valence-electron chi connectivity index (χ4n) is 3.79. The van der Waals surface area contributed by atoms with E-state index in [1.54, 1.807) is 0 Å². The summed E-state index contributed by atoms with van der Waals surface area (Å²) in [6.45, 7) is 2.98. The summed E-state index contributed by atoms with van der Waals surface area (Å²) in [5, 5.41) is 13.2. The van der Waals surface area contributed by atoms with Crippen molar-refractivity contribution in [2.75, 3.05) is 26.8 Å². The molecule has 2 saturated carbocycles. The third-order valence-electron chi connectivity index (χ3n) is 5.18. The summed E-state index contributed by atoms with van der Waals surface area (Å²) < 4.78 is 5.58. The van der Waals surface area contributed by atoms with Crippen LogP contribution >= 0.6 is 0 Å². The molecule has 1 heterocycles. The molecule has 3 atom stereocenters. The van der Waals surface area contributed by atoms with E-state index in [2.05, 4.69) is 23.3 Å². The fraction of sp³-hybridized carbons (Fsp3) is 0.938. The van der Waals surface area contributed by atoms with Gasteiger partial charge < -0.3 is 9.64 Å². The van der Waals surface area contributed by atoms with E-state index in [1.165, 1.54) is 25.7 Å². The monoisotopic (exact) mass is 277 g/mol. The molecule has 3 aliphatic rings. The summed E-state index contributed by atoms with van der Waals surface area (Å²) in [5.41, 5.74) is -0.247. The molecular formula is C16H27N3O. The molecule has 0 bridgehead atoms. The summed E-state index contributed by atoms with van der Waals surface area (Å²) in [4.78, 5) is 2.48. The Morgan fingerprint density at radius 2 is 2.20 bits per heavy atom. The average molecular weight is 277 g/mol. The van der Waals surface area contributed by atoms with Gasteiger partial charge in [-0.3, -0.25) is 5.32 Å². The Bertz CT molecular complexity index is 370. The van der Waals surface area contributed by atoms with Crippen molar-refractivity contribution in [1.82, 2.24) is 10.2 Å². The molecule has 0 amide bonds. The molecule has 0 aromatic rings. The molecule has 4 heteroatoms. The lowest BCUT2D eigenvalue weighted by Gasteiger charge is -2.31. The lowest BCUT2D eigenvalue weighted by molar-refractivity contribution is 0.0362. The van der Waals surface area contributed by atoms with Crippen molar-refractivity contribution in [1.29, 1.82) is 5.26 Å². The first kappa shape index (κ1) is 14.3. The Labute approximate surface area is 122 Å². The Kier molecular flexibility index (Phi) is 4.30. The van der Waals surface area contributed by atoms with Gasteiger partial charge in [0.2, 0.25) is 0 Å². The van der Waals surface area contributed by atoms with Crippen molar-refractivity contribution in [3.8, 4) is 6.07 Å². The largest absolute Gasteiger partial charge is 0.381 e. The van der Waals surface area contributed by atoms with Crippen LogP contribution in [0.1, 0.15) is 44.9 Å². The van der Waals surface area contributed by atoms with E-state index in [1.807, 2.05) is 0 Å². The lowest BCUT2D eigenvalue weighted by Crippen LogP contribution is -2.45. The maximum atomic E-state index is 9.56. The lowest BCUT2D eigenvalue weighted by atomic mass is 9.98. The highest BCUT2D eigenvalue weighted by molar-refractivity contribution is 5.15. The predicted molar refractivity (Wildman–Crippen MR) is 78.3 cm³/mol. The van der Waals surface area contributed by atoms with Crippen molar-refractivity contribution >= 4 is 0 Å². The van der Waals surface area contributed by atoms with Crippen molar-refractivity contribution in [2.45, 2.75) is 62.6 Å². The van der Waals surface area contributed by atoms with Crippen LogP contribution in [0.25, 0.3) is 0 Å². The Balaban J connectivity index is 1.51. The first-order valence-electron chi connectivity index (χ1n) is 8.18. The van der Waals surface area contributed by atoms with Crippen LogP contribution in [0.15, 0.2) is 0 Å². The number of hydrogen-bond donors (Lipinski definition) is 1. The second kappa shape index (κ2) is 6.01. The highest BCUT2D eigenvalue weighted by Gasteiger charge is 2.44. The zero-order valence-electron chi connectivity index (χ0n) is 12.6. The van der Waals surface area contributed by atoms with Gasteiger partial charge in [0, 0.05) is 25.2 Å². The van der Waals surface area contributed by atoms with Crippen molar-refractivity contribution in [2.24, 2.45) is 5.92 Å². The second-order valence-electron chi connectivity index (χ2n) is 7.03. The highest BCUT2D eigenvalue weighted by atomic mass is 16.5. The summed E-state index contributed by atoms with van der Waals surface area (Å²) >= 11 is 0. The summed E-state index contributed by atoms with van der Waals surface area (Å²) in [5.74, 6) is 0.683. The van der Waals surface area contributed by atoms with Crippen LogP contribution in [0.4, 0.5) is 0 Å². The van der Waals surface area contributed by atoms with E-state index in [9.17, 15) is 5.26 Å². The van der Waals surface area contributed by atoms with Crippen molar-refractivity contribution in [3.05, 3.63) is 0 Å². The van der Waals surface area contributed by atoms with E-state index in [-0.39, 0.29) is 5.54 Å². The average Bonchev–Trinajstić information content (AvgIpc) is 3.17. The zero-order chi connectivity index (χ0) is 14.0. The smallest absolute Gasteiger partial charge is 0.108 e. The number of nitrogens with one attached hydrogen (secondary N) is 1. The van der Waals surface area contributed by atoms with Gasteiger partial charge in [0.05, 0.1) is 12.7 Å². The first-order valence-corrected chi connectivity index (χ1v) is 8.18. The van der Waals surface area contributed by atoms with Crippen LogP contribution in [0.2, 0.25) is 0 Å². The zero-order valence-corrected chi connectivity index (χ0v) is 12.6. The Morgan fingerprint density at radius 1 is 1.35 bits per heavy atom. The fourth-order valence-corrected chi connectivity index (χ4v) is 3.79. The van der Waals surface area contributed by atoms with Crippen LogP contribution in [-0.4, -0.2) is 49.3 Å². The third kappa shape index (κ3) is 3.33. The van der Waals surface area contributed by atoms with Gasteiger partial charge in [-0.05, 0) is 57.9 Å². The van der Waals surface area contributed by atoms with E-state index in [0.717, 1.165) is 39.0 Å². The summed E-state index contributed by atoms with van der Waals surface area (Å²) in [6.07, 6.45) is 8.15. The molecule has 1 aliphatic heterocycles. The third-order valence-corrected chi connectivity index (χ3v) is 5.18. The molecule has 20 heavy (non-hydrogen) atoms. The van der Waals surface area contributed by atoms with E-state index < -0.39 is 0 Å². The van der Waals surface area contributed by atoms with Gasteiger partial charge in [-0.2, -0.15) is 5.26 Å². The normalized spacial score (nSPS) is 38.0. The number of nitrogens with zero attached hydrogens (tertiary/aromatic N) is 2. The van der Waals surface area contributed by atoms with E-state index in [0.29, 0.717) is 18.0 Å². The molecule has 3 fully saturated rings. The van der Waals surface area contributed by atoms with Gasteiger partial charge in [0.1, 0.15) is 5.54 Å². The topological polar surface area (TPSA) is 48.3 Å².